The molecule has 3 aromatic rings. The Kier molecular flexibility index (Phi) is 10.8. The van der Waals surface area contributed by atoms with Gasteiger partial charge in [-0.3, -0.25) is 9.59 Å². The SMILES string of the molecule is CCOC1CCC(n2c(C3CCC(CC)CC(=O)C(C)C3Cc3ccc(F)c(F)c3)nc3cc(/C(C(C)=O)=C(\C)N)ccc32)CC1. The molecule has 2 saturated carbocycles. The van der Waals surface area contributed by atoms with Gasteiger partial charge in [-0.1, -0.05) is 32.4 Å². The molecule has 0 spiro atoms. The lowest BCUT2D eigenvalue weighted by atomic mass is 9.69. The molecule has 2 fully saturated rings. The molecule has 2 aliphatic rings. The highest BCUT2D eigenvalue weighted by Crippen LogP contribution is 2.45. The number of aromatic nitrogens is 2. The molecule has 248 valence electrons. The van der Waals surface area contributed by atoms with Crippen LogP contribution in [0.25, 0.3) is 16.6 Å². The Bertz CT molecular complexity index is 1600. The van der Waals surface area contributed by atoms with Crippen molar-refractivity contribution in [1.82, 2.24) is 9.55 Å². The van der Waals surface area contributed by atoms with E-state index < -0.39 is 11.6 Å². The molecule has 2 aromatic carbocycles. The van der Waals surface area contributed by atoms with Crippen molar-refractivity contribution < 1.29 is 23.1 Å². The molecule has 1 aromatic heterocycles. The Hall–Kier alpha value is -3.39. The van der Waals surface area contributed by atoms with Crippen molar-refractivity contribution in [2.75, 3.05) is 6.61 Å². The summed E-state index contributed by atoms with van der Waals surface area (Å²) in [6.45, 7) is 10.1. The molecule has 6 nitrogen and oxygen atoms in total. The largest absolute Gasteiger partial charge is 0.402 e. The van der Waals surface area contributed by atoms with Gasteiger partial charge in [0.1, 0.15) is 11.6 Å². The zero-order valence-electron chi connectivity index (χ0n) is 28.0. The van der Waals surface area contributed by atoms with Gasteiger partial charge in [-0.05, 0) is 113 Å². The fourth-order valence-electron chi connectivity index (χ4n) is 8.05. The zero-order valence-corrected chi connectivity index (χ0v) is 28.0. The minimum Gasteiger partial charge on any atom is -0.402 e. The second kappa shape index (κ2) is 14.6. The molecular formula is C38H49F2N3O3. The van der Waals surface area contributed by atoms with Crippen LogP contribution in [0.3, 0.4) is 0 Å². The molecule has 1 heterocycles. The summed E-state index contributed by atoms with van der Waals surface area (Å²) in [7, 11) is 0. The van der Waals surface area contributed by atoms with Gasteiger partial charge in [-0.25, -0.2) is 13.8 Å². The summed E-state index contributed by atoms with van der Waals surface area (Å²) < 4.78 is 36.7. The maximum atomic E-state index is 14.4. The molecule has 0 saturated heterocycles. The van der Waals surface area contributed by atoms with Gasteiger partial charge in [0.2, 0.25) is 0 Å². The lowest BCUT2D eigenvalue weighted by Gasteiger charge is -2.37. The number of ether oxygens (including phenoxy) is 1. The second-order valence-electron chi connectivity index (χ2n) is 13.6. The van der Waals surface area contributed by atoms with Crippen LogP contribution in [-0.2, 0) is 20.7 Å². The highest BCUT2D eigenvalue weighted by atomic mass is 19.2. The zero-order chi connectivity index (χ0) is 33.1. The van der Waals surface area contributed by atoms with Crippen molar-refractivity contribution in [2.24, 2.45) is 23.5 Å². The van der Waals surface area contributed by atoms with E-state index in [1.807, 2.05) is 26.0 Å². The molecule has 46 heavy (non-hydrogen) atoms. The van der Waals surface area contributed by atoms with Crippen LogP contribution >= 0.6 is 0 Å². The standard InChI is InChI=1S/C38H49F2N3O3/c1-6-25-8-15-30(31(22(3)36(45)20-25)18-26-9-16-32(39)33(40)19-26)38-42-34-21-27(37(23(4)41)24(5)44)10-17-35(34)43(38)28-11-13-29(14-12-28)46-7-2/h9-10,16-17,19,21-22,25,28-31H,6-8,11-15,18,20,41H2,1-5H3/b37-23+. The van der Waals surface area contributed by atoms with Crippen molar-refractivity contribution >= 4 is 28.2 Å². The average molecular weight is 634 g/mol. The van der Waals surface area contributed by atoms with Crippen LogP contribution in [0.2, 0.25) is 0 Å². The van der Waals surface area contributed by atoms with E-state index in [9.17, 15) is 18.4 Å². The highest BCUT2D eigenvalue weighted by molar-refractivity contribution is 6.20. The number of imidazole rings is 1. The van der Waals surface area contributed by atoms with Crippen LogP contribution in [0, 0.1) is 29.4 Å². The molecule has 8 heteroatoms. The van der Waals surface area contributed by atoms with Crippen LogP contribution in [-0.4, -0.2) is 33.8 Å². The van der Waals surface area contributed by atoms with Crippen LogP contribution in [0.1, 0.15) is 115 Å². The Morgan fingerprint density at radius 2 is 1.74 bits per heavy atom. The van der Waals surface area contributed by atoms with E-state index in [4.69, 9.17) is 15.5 Å². The molecule has 0 bridgehead atoms. The second-order valence-corrected chi connectivity index (χ2v) is 13.6. The van der Waals surface area contributed by atoms with Crippen molar-refractivity contribution in [1.29, 1.82) is 0 Å². The third kappa shape index (κ3) is 7.12. The fraction of sp³-hybridized carbons (Fsp3) is 0.553. The van der Waals surface area contributed by atoms with Crippen LogP contribution in [0.4, 0.5) is 8.78 Å². The number of hydrogen-bond donors (Lipinski definition) is 1. The Balaban J connectivity index is 1.67. The first kappa shape index (κ1) is 34.0. The molecule has 0 radical (unpaired) electrons. The molecule has 0 aliphatic heterocycles. The summed E-state index contributed by atoms with van der Waals surface area (Å²) >= 11 is 0. The summed E-state index contributed by atoms with van der Waals surface area (Å²) in [5, 5.41) is 0. The molecule has 2 aliphatic carbocycles. The summed E-state index contributed by atoms with van der Waals surface area (Å²) in [4.78, 5) is 31.6. The number of Topliss-reactive ketones (excluding diaryl/α,β-unsaturated/α-hetero) is 2. The van der Waals surface area contributed by atoms with Crippen LogP contribution < -0.4 is 5.73 Å². The van der Waals surface area contributed by atoms with Gasteiger partial charge in [-0.15, -0.1) is 0 Å². The maximum Gasteiger partial charge on any atom is 0.162 e. The fourth-order valence-corrected chi connectivity index (χ4v) is 8.05. The molecule has 5 rings (SSSR count). The lowest BCUT2D eigenvalue weighted by molar-refractivity contribution is -0.126. The van der Waals surface area contributed by atoms with Crippen molar-refractivity contribution in [2.45, 2.75) is 110 Å². The first-order valence-electron chi connectivity index (χ1n) is 17.1. The van der Waals surface area contributed by atoms with E-state index in [2.05, 4.69) is 17.6 Å². The highest BCUT2D eigenvalue weighted by Gasteiger charge is 2.39. The van der Waals surface area contributed by atoms with Gasteiger partial charge in [0.05, 0.1) is 17.1 Å². The van der Waals surface area contributed by atoms with Crippen molar-refractivity contribution in [3.63, 3.8) is 0 Å². The number of fused-ring (bicyclic) bond motifs is 1. The quantitative estimate of drug-likeness (QED) is 0.239. The Labute approximate surface area is 271 Å². The van der Waals surface area contributed by atoms with Gasteiger partial charge in [0.25, 0.3) is 0 Å². The van der Waals surface area contributed by atoms with E-state index in [1.54, 1.807) is 13.0 Å². The number of allylic oxidation sites excluding steroid dienone is 2. The molecule has 4 atom stereocenters. The first-order valence-corrected chi connectivity index (χ1v) is 17.1. The van der Waals surface area contributed by atoms with Crippen molar-refractivity contribution in [3.05, 3.63) is 70.7 Å². The third-order valence-corrected chi connectivity index (χ3v) is 10.6. The predicted octanol–water partition coefficient (Wildman–Crippen LogP) is 8.47. The number of benzene rings is 2. The van der Waals surface area contributed by atoms with Crippen LogP contribution in [0.15, 0.2) is 42.1 Å². The molecule has 2 N–H and O–H groups in total. The van der Waals surface area contributed by atoms with E-state index in [1.165, 1.54) is 19.1 Å². The topological polar surface area (TPSA) is 87.2 Å². The predicted molar refractivity (Wildman–Crippen MR) is 178 cm³/mol. The van der Waals surface area contributed by atoms with Crippen LogP contribution in [0.5, 0.6) is 0 Å². The van der Waals surface area contributed by atoms with E-state index >= 15 is 0 Å². The monoisotopic (exact) mass is 633 g/mol. The minimum absolute atomic E-state index is 0.0825. The first-order chi connectivity index (χ1) is 22.0. The summed E-state index contributed by atoms with van der Waals surface area (Å²) in [5.41, 5.74) is 10.3. The third-order valence-electron chi connectivity index (χ3n) is 10.6. The van der Waals surface area contributed by atoms with Gasteiger partial charge < -0.3 is 15.0 Å². The number of nitrogens with zero attached hydrogens (tertiary/aromatic N) is 2. The van der Waals surface area contributed by atoms with E-state index in [-0.39, 0.29) is 41.5 Å². The molecule has 0 amide bonds. The van der Waals surface area contributed by atoms with E-state index in [0.29, 0.717) is 42.2 Å². The Morgan fingerprint density at radius 3 is 2.37 bits per heavy atom. The number of nitrogens with two attached hydrogens (primary N) is 1. The smallest absolute Gasteiger partial charge is 0.162 e. The number of carbonyl (C=O) groups is 2. The summed E-state index contributed by atoms with van der Waals surface area (Å²) in [6.07, 6.45) is 7.68. The van der Waals surface area contributed by atoms with Gasteiger partial charge in [0, 0.05) is 42.2 Å². The molecular weight excluding hydrogens is 584 g/mol. The normalized spacial score (nSPS) is 26.5. The Morgan fingerprint density at radius 1 is 1.00 bits per heavy atom. The average Bonchev–Trinajstić information content (AvgIpc) is 3.39. The number of hydrogen-bond acceptors (Lipinski definition) is 5. The van der Waals surface area contributed by atoms with E-state index in [0.717, 1.165) is 67.4 Å². The molecule has 4 unspecified atom stereocenters. The van der Waals surface area contributed by atoms with Gasteiger partial charge >= 0.3 is 0 Å². The summed E-state index contributed by atoms with van der Waals surface area (Å²) in [5.74, 6) is -0.904. The summed E-state index contributed by atoms with van der Waals surface area (Å²) in [6, 6.07) is 10.3. The van der Waals surface area contributed by atoms with Crippen molar-refractivity contribution in [3.8, 4) is 0 Å². The maximum absolute atomic E-state index is 14.4. The number of ketones is 2. The number of rotatable bonds is 9. The minimum atomic E-state index is -0.875. The lowest BCUT2D eigenvalue weighted by Crippen LogP contribution is -2.34. The van der Waals surface area contributed by atoms with Gasteiger partial charge in [0.15, 0.2) is 17.4 Å². The van der Waals surface area contributed by atoms with Gasteiger partial charge in [-0.2, -0.15) is 0 Å². The number of carbonyl (C=O) groups excluding carboxylic acids is 2. The number of halogens is 2.